The number of hydrogen-bond donors (Lipinski definition) is 2. The van der Waals surface area contributed by atoms with Gasteiger partial charge in [-0.1, -0.05) is 19.9 Å². The molecule has 0 aliphatic rings. The largest absolute Gasteiger partial charge is 0.315 e. The Balaban J connectivity index is 2.85. The van der Waals surface area contributed by atoms with Gasteiger partial charge < -0.3 is 10.6 Å². The Kier molecular flexibility index (Phi) is 7.52. The van der Waals surface area contributed by atoms with Gasteiger partial charge in [0.1, 0.15) is 0 Å². The Hall–Kier alpha value is -0.340. The van der Waals surface area contributed by atoms with Crippen molar-refractivity contribution in [2.75, 3.05) is 19.6 Å². The Morgan fingerprint density at radius 2 is 2.00 bits per heavy atom. The molecule has 2 N–H and O–H groups in total. The zero-order chi connectivity index (χ0) is 8.53. The van der Waals surface area contributed by atoms with Crippen LogP contribution in [0.4, 0.5) is 0 Å². The first kappa shape index (κ1) is 10.7. The molecule has 2 nitrogen and oxygen atoms in total. The Morgan fingerprint density at radius 1 is 1.27 bits per heavy atom. The van der Waals surface area contributed by atoms with Crippen LogP contribution in [0.3, 0.4) is 0 Å². The molecular weight excluding hydrogens is 136 g/mol. The monoisotopic (exact) mass is 156 g/mol. The molecular formula is C9H20N2. The molecule has 0 aromatic carbocycles. The van der Waals surface area contributed by atoms with Crippen LogP contribution in [0.1, 0.15) is 20.3 Å². The van der Waals surface area contributed by atoms with Gasteiger partial charge in [-0.3, -0.25) is 0 Å². The Bertz CT molecular complexity index is 89.6. The minimum atomic E-state index is 0.594. The van der Waals surface area contributed by atoms with Gasteiger partial charge in [-0.15, -0.1) is 6.58 Å². The highest BCUT2D eigenvalue weighted by Gasteiger charge is 1.89. The molecule has 0 saturated heterocycles. The third kappa shape index (κ3) is 9.66. The lowest BCUT2D eigenvalue weighted by atomic mass is 10.4. The fourth-order valence-electron chi connectivity index (χ4n) is 0.778. The number of nitrogens with one attached hydrogen (secondary N) is 2. The lowest BCUT2D eigenvalue weighted by molar-refractivity contribution is 0.558. The summed E-state index contributed by atoms with van der Waals surface area (Å²) in [4.78, 5) is 0. The van der Waals surface area contributed by atoms with Gasteiger partial charge in [0.25, 0.3) is 0 Å². The summed E-state index contributed by atoms with van der Waals surface area (Å²) in [6.07, 6.45) is 2.99. The Morgan fingerprint density at radius 3 is 2.55 bits per heavy atom. The molecule has 11 heavy (non-hydrogen) atoms. The van der Waals surface area contributed by atoms with Crippen molar-refractivity contribution in [2.45, 2.75) is 26.3 Å². The summed E-state index contributed by atoms with van der Waals surface area (Å²) in [6, 6.07) is 0.594. The maximum Gasteiger partial charge on any atom is 0.00790 e. The van der Waals surface area contributed by atoms with Crippen molar-refractivity contribution in [3.8, 4) is 0 Å². The third-order valence-corrected chi connectivity index (χ3v) is 1.38. The summed E-state index contributed by atoms with van der Waals surface area (Å²) in [5.74, 6) is 0. The van der Waals surface area contributed by atoms with Crippen LogP contribution in [0.5, 0.6) is 0 Å². The molecule has 0 heterocycles. The van der Waals surface area contributed by atoms with Crippen LogP contribution in [0.25, 0.3) is 0 Å². The summed E-state index contributed by atoms with van der Waals surface area (Å²) in [5.41, 5.74) is 0. The summed E-state index contributed by atoms with van der Waals surface area (Å²) in [5, 5.41) is 6.64. The minimum Gasteiger partial charge on any atom is -0.315 e. The second-order valence-electron chi connectivity index (χ2n) is 2.94. The quantitative estimate of drug-likeness (QED) is 0.427. The van der Waals surface area contributed by atoms with E-state index in [4.69, 9.17) is 0 Å². The van der Waals surface area contributed by atoms with Crippen molar-refractivity contribution < 1.29 is 0 Å². The Labute approximate surface area is 70.1 Å². The van der Waals surface area contributed by atoms with Gasteiger partial charge in [0.2, 0.25) is 0 Å². The fraction of sp³-hybridized carbons (Fsp3) is 0.778. The summed E-state index contributed by atoms with van der Waals surface area (Å²) in [7, 11) is 0. The molecule has 0 fully saturated rings. The maximum atomic E-state index is 3.65. The molecule has 0 aromatic rings. The van der Waals surface area contributed by atoms with E-state index >= 15 is 0 Å². The molecule has 0 bridgehead atoms. The van der Waals surface area contributed by atoms with Crippen molar-refractivity contribution in [1.29, 1.82) is 0 Å². The average Bonchev–Trinajstić information content (AvgIpc) is 1.96. The second-order valence-corrected chi connectivity index (χ2v) is 2.94. The molecule has 0 unspecified atom stereocenters. The number of hydrogen-bond acceptors (Lipinski definition) is 2. The minimum absolute atomic E-state index is 0.594. The molecule has 0 rings (SSSR count). The molecule has 0 atom stereocenters. The van der Waals surface area contributed by atoms with Crippen LogP contribution in [-0.4, -0.2) is 25.7 Å². The first-order valence-electron chi connectivity index (χ1n) is 4.32. The van der Waals surface area contributed by atoms with Crippen LogP contribution in [0.2, 0.25) is 0 Å². The van der Waals surface area contributed by atoms with E-state index < -0.39 is 0 Å². The molecule has 0 aliphatic carbocycles. The van der Waals surface area contributed by atoms with Gasteiger partial charge >= 0.3 is 0 Å². The molecule has 66 valence electrons. The molecule has 0 amide bonds. The standard InChI is InChI=1S/C9H20N2/c1-4-5-6-10-7-8-11-9(2)3/h4,9-11H,1,5-8H2,2-3H3. The summed E-state index contributed by atoms with van der Waals surface area (Å²) in [6.45, 7) is 11.1. The van der Waals surface area contributed by atoms with Crippen molar-refractivity contribution in [3.63, 3.8) is 0 Å². The van der Waals surface area contributed by atoms with Crippen molar-refractivity contribution in [3.05, 3.63) is 12.7 Å². The van der Waals surface area contributed by atoms with Crippen LogP contribution in [-0.2, 0) is 0 Å². The van der Waals surface area contributed by atoms with Crippen molar-refractivity contribution in [1.82, 2.24) is 10.6 Å². The first-order valence-corrected chi connectivity index (χ1v) is 4.32. The molecule has 0 saturated carbocycles. The van der Waals surface area contributed by atoms with E-state index in [0.29, 0.717) is 6.04 Å². The molecule has 0 radical (unpaired) electrons. The number of rotatable bonds is 7. The SMILES string of the molecule is C=CCCNCCNC(C)C. The van der Waals surface area contributed by atoms with Gasteiger partial charge in [0, 0.05) is 19.1 Å². The fourth-order valence-corrected chi connectivity index (χ4v) is 0.778. The third-order valence-electron chi connectivity index (χ3n) is 1.38. The predicted molar refractivity (Wildman–Crippen MR) is 50.8 cm³/mol. The van der Waals surface area contributed by atoms with E-state index in [0.717, 1.165) is 26.1 Å². The van der Waals surface area contributed by atoms with Gasteiger partial charge in [-0.05, 0) is 13.0 Å². The zero-order valence-corrected chi connectivity index (χ0v) is 7.69. The highest BCUT2D eigenvalue weighted by Crippen LogP contribution is 1.75. The lowest BCUT2D eigenvalue weighted by Gasteiger charge is -2.07. The van der Waals surface area contributed by atoms with Crippen molar-refractivity contribution in [2.24, 2.45) is 0 Å². The van der Waals surface area contributed by atoms with E-state index in [2.05, 4.69) is 31.1 Å². The highest BCUT2D eigenvalue weighted by molar-refractivity contribution is 4.67. The van der Waals surface area contributed by atoms with Gasteiger partial charge in [-0.25, -0.2) is 0 Å². The molecule has 0 spiro atoms. The van der Waals surface area contributed by atoms with E-state index in [1.807, 2.05) is 6.08 Å². The molecule has 0 aliphatic heterocycles. The lowest BCUT2D eigenvalue weighted by Crippen LogP contribution is -2.31. The van der Waals surface area contributed by atoms with Crippen LogP contribution >= 0.6 is 0 Å². The van der Waals surface area contributed by atoms with E-state index in [1.54, 1.807) is 0 Å². The topological polar surface area (TPSA) is 24.1 Å². The first-order chi connectivity index (χ1) is 5.27. The van der Waals surface area contributed by atoms with Gasteiger partial charge in [-0.2, -0.15) is 0 Å². The van der Waals surface area contributed by atoms with Crippen LogP contribution < -0.4 is 10.6 Å². The van der Waals surface area contributed by atoms with Gasteiger partial charge in [0.15, 0.2) is 0 Å². The predicted octanol–water partition coefficient (Wildman–Crippen LogP) is 1.15. The summed E-state index contributed by atoms with van der Waals surface area (Å²) < 4.78 is 0. The van der Waals surface area contributed by atoms with E-state index in [-0.39, 0.29) is 0 Å². The smallest absolute Gasteiger partial charge is 0.00790 e. The van der Waals surface area contributed by atoms with Crippen LogP contribution in [0, 0.1) is 0 Å². The average molecular weight is 156 g/mol. The molecule has 2 heteroatoms. The maximum absolute atomic E-state index is 3.65. The highest BCUT2D eigenvalue weighted by atomic mass is 14.9. The summed E-state index contributed by atoms with van der Waals surface area (Å²) >= 11 is 0. The van der Waals surface area contributed by atoms with Crippen LogP contribution in [0.15, 0.2) is 12.7 Å². The van der Waals surface area contributed by atoms with Gasteiger partial charge in [0.05, 0.1) is 0 Å². The molecule has 0 aromatic heterocycles. The second kappa shape index (κ2) is 7.76. The normalized spacial score (nSPS) is 10.5. The van der Waals surface area contributed by atoms with E-state index in [9.17, 15) is 0 Å². The van der Waals surface area contributed by atoms with Crippen molar-refractivity contribution >= 4 is 0 Å². The van der Waals surface area contributed by atoms with E-state index in [1.165, 1.54) is 0 Å². The zero-order valence-electron chi connectivity index (χ0n) is 7.69.